The highest BCUT2D eigenvalue weighted by Crippen LogP contribution is 2.37. The third-order valence-electron chi connectivity index (χ3n) is 5.46. The average Bonchev–Trinajstić information content (AvgIpc) is 3.33. The van der Waals surface area contributed by atoms with Crippen molar-refractivity contribution in [2.45, 2.75) is 27.3 Å². The molecule has 33 heavy (non-hydrogen) atoms. The third-order valence-corrected chi connectivity index (χ3v) is 6.85. The van der Waals surface area contributed by atoms with Crippen LogP contribution < -0.4 is 5.32 Å². The number of nitrogens with zero attached hydrogens (tertiary/aromatic N) is 1. The quantitative estimate of drug-likeness (QED) is 0.280. The van der Waals surface area contributed by atoms with Gasteiger partial charge in [-0.2, -0.15) is 0 Å². The lowest BCUT2D eigenvalue weighted by molar-refractivity contribution is 0.0529. The van der Waals surface area contributed by atoms with E-state index in [0.29, 0.717) is 38.4 Å². The number of ether oxygens (including phenoxy) is 1. The minimum Gasteiger partial charge on any atom is -0.462 e. The van der Waals surface area contributed by atoms with Crippen LogP contribution in [0.3, 0.4) is 0 Å². The summed E-state index contributed by atoms with van der Waals surface area (Å²) < 4.78 is 7.25. The molecule has 0 saturated carbocycles. The Morgan fingerprint density at radius 1 is 1.06 bits per heavy atom. The Kier molecular flexibility index (Phi) is 6.79. The van der Waals surface area contributed by atoms with E-state index in [2.05, 4.69) is 5.32 Å². The number of halogens is 2. The summed E-state index contributed by atoms with van der Waals surface area (Å²) in [4.78, 5) is 26.3. The highest BCUT2D eigenvalue weighted by atomic mass is 35.5. The lowest BCUT2D eigenvalue weighted by Crippen LogP contribution is -2.19. The summed E-state index contributed by atoms with van der Waals surface area (Å²) in [6, 6.07) is 12.8. The maximum absolute atomic E-state index is 13.5. The number of amides is 1. The number of rotatable bonds is 6. The van der Waals surface area contributed by atoms with E-state index in [-0.39, 0.29) is 12.5 Å². The fourth-order valence-electron chi connectivity index (χ4n) is 3.98. The van der Waals surface area contributed by atoms with E-state index in [1.807, 2.05) is 54.1 Å². The van der Waals surface area contributed by atoms with Crippen molar-refractivity contribution in [1.29, 1.82) is 0 Å². The Labute approximate surface area is 205 Å². The van der Waals surface area contributed by atoms with Gasteiger partial charge in [-0.25, -0.2) is 4.79 Å². The van der Waals surface area contributed by atoms with Crippen LogP contribution in [0.4, 0.5) is 5.00 Å². The van der Waals surface area contributed by atoms with Crippen molar-refractivity contribution in [3.05, 3.63) is 74.7 Å². The van der Waals surface area contributed by atoms with Gasteiger partial charge < -0.3 is 14.6 Å². The van der Waals surface area contributed by atoms with Crippen LogP contribution in [0.2, 0.25) is 10.0 Å². The zero-order valence-electron chi connectivity index (χ0n) is 18.4. The second-order valence-corrected chi connectivity index (χ2v) is 9.17. The van der Waals surface area contributed by atoms with Gasteiger partial charge in [0.1, 0.15) is 16.3 Å². The number of aromatic nitrogens is 1. The number of anilines is 1. The standard InChI is InChI=1S/C25H22Cl2N2O3S/c1-4-29-20-11-10-17(27)12-18(20)14(3)22(29)23(30)28-24-21(25(31)32-5-2)19(13-33-24)15-6-8-16(26)9-7-15/h6-13H,4-5H2,1-3H3,(H,28,30). The van der Waals surface area contributed by atoms with Gasteiger partial charge in [-0.15, -0.1) is 11.3 Å². The summed E-state index contributed by atoms with van der Waals surface area (Å²) in [7, 11) is 0. The van der Waals surface area contributed by atoms with Crippen molar-refractivity contribution in [3.63, 3.8) is 0 Å². The number of nitrogens with one attached hydrogen (secondary N) is 1. The van der Waals surface area contributed by atoms with Crippen LogP contribution in [0.25, 0.3) is 22.0 Å². The van der Waals surface area contributed by atoms with Crippen molar-refractivity contribution >= 4 is 62.3 Å². The van der Waals surface area contributed by atoms with Crippen LogP contribution >= 0.6 is 34.5 Å². The zero-order valence-corrected chi connectivity index (χ0v) is 20.7. The van der Waals surface area contributed by atoms with Crippen molar-refractivity contribution in [2.24, 2.45) is 0 Å². The summed E-state index contributed by atoms with van der Waals surface area (Å²) in [6.45, 7) is 6.47. The Morgan fingerprint density at radius 3 is 2.42 bits per heavy atom. The molecule has 0 saturated heterocycles. The number of thiophene rings is 1. The van der Waals surface area contributed by atoms with Crippen LogP contribution in [0.1, 0.15) is 40.3 Å². The van der Waals surface area contributed by atoms with Crippen LogP contribution in [-0.4, -0.2) is 23.1 Å². The van der Waals surface area contributed by atoms with Crippen LogP contribution in [0, 0.1) is 6.92 Å². The monoisotopic (exact) mass is 500 g/mol. The maximum Gasteiger partial charge on any atom is 0.341 e. The van der Waals surface area contributed by atoms with E-state index >= 15 is 0 Å². The normalized spacial score (nSPS) is 11.1. The molecule has 170 valence electrons. The van der Waals surface area contributed by atoms with Gasteiger partial charge in [-0.05, 0) is 62.2 Å². The molecule has 0 bridgehead atoms. The molecule has 0 radical (unpaired) electrons. The molecule has 5 nitrogen and oxygen atoms in total. The van der Waals surface area contributed by atoms with Gasteiger partial charge in [-0.3, -0.25) is 4.79 Å². The minimum absolute atomic E-state index is 0.228. The van der Waals surface area contributed by atoms with Gasteiger partial charge >= 0.3 is 5.97 Å². The van der Waals surface area contributed by atoms with E-state index < -0.39 is 5.97 Å². The van der Waals surface area contributed by atoms with Gasteiger partial charge in [-0.1, -0.05) is 35.3 Å². The molecule has 8 heteroatoms. The number of hydrogen-bond donors (Lipinski definition) is 1. The summed E-state index contributed by atoms with van der Waals surface area (Å²) in [6.07, 6.45) is 0. The first kappa shape index (κ1) is 23.4. The van der Waals surface area contributed by atoms with Gasteiger partial charge in [0.2, 0.25) is 0 Å². The molecule has 0 aliphatic heterocycles. The molecule has 0 spiro atoms. The molecule has 2 aromatic heterocycles. The SMILES string of the molecule is CCOC(=O)c1c(-c2ccc(Cl)cc2)csc1NC(=O)c1c(C)c2cc(Cl)ccc2n1CC. The molecule has 0 unspecified atom stereocenters. The lowest BCUT2D eigenvalue weighted by atomic mass is 10.0. The molecule has 2 aromatic carbocycles. The van der Waals surface area contributed by atoms with Crippen LogP contribution in [0.15, 0.2) is 47.8 Å². The number of carbonyl (C=O) groups excluding carboxylic acids is 2. The van der Waals surface area contributed by atoms with Crippen LogP contribution in [0.5, 0.6) is 0 Å². The van der Waals surface area contributed by atoms with Crippen molar-refractivity contribution < 1.29 is 14.3 Å². The minimum atomic E-state index is -0.487. The lowest BCUT2D eigenvalue weighted by Gasteiger charge is -2.11. The average molecular weight is 501 g/mol. The second kappa shape index (κ2) is 9.59. The Balaban J connectivity index is 1.78. The number of fused-ring (bicyclic) bond motifs is 1. The number of esters is 1. The van der Waals surface area contributed by atoms with Crippen molar-refractivity contribution in [2.75, 3.05) is 11.9 Å². The molecule has 1 amide bonds. The highest BCUT2D eigenvalue weighted by Gasteiger charge is 2.26. The second-order valence-electron chi connectivity index (χ2n) is 7.41. The predicted octanol–water partition coefficient (Wildman–Crippen LogP) is 7.43. The maximum atomic E-state index is 13.5. The molecular weight excluding hydrogens is 479 g/mol. The van der Waals surface area contributed by atoms with E-state index in [1.165, 1.54) is 11.3 Å². The predicted molar refractivity (Wildman–Crippen MR) is 136 cm³/mol. The third kappa shape index (κ3) is 4.38. The number of aryl methyl sites for hydroxylation is 2. The summed E-state index contributed by atoms with van der Waals surface area (Å²) in [5, 5.41) is 7.37. The molecule has 0 fully saturated rings. The first-order chi connectivity index (χ1) is 15.8. The number of benzene rings is 2. The summed E-state index contributed by atoms with van der Waals surface area (Å²) >= 11 is 13.5. The van der Waals surface area contributed by atoms with E-state index in [0.717, 1.165) is 22.0 Å². The molecule has 0 atom stereocenters. The van der Waals surface area contributed by atoms with E-state index in [1.54, 1.807) is 19.1 Å². The largest absolute Gasteiger partial charge is 0.462 e. The van der Waals surface area contributed by atoms with Crippen molar-refractivity contribution in [1.82, 2.24) is 4.57 Å². The van der Waals surface area contributed by atoms with Crippen molar-refractivity contribution in [3.8, 4) is 11.1 Å². The fraction of sp³-hybridized carbons (Fsp3) is 0.200. The molecule has 4 rings (SSSR count). The molecular formula is C25H22Cl2N2O3S. The molecule has 0 aliphatic rings. The highest BCUT2D eigenvalue weighted by molar-refractivity contribution is 7.15. The molecule has 0 aliphatic carbocycles. The van der Waals surface area contributed by atoms with Gasteiger partial charge in [0.25, 0.3) is 5.91 Å². The van der Waals surface area contributed by atoms with Gasteiger partial charge in [0.15, 0.2) is 0 Å². The Morgan fingerprint density at radius 2 is 1.76 bits per heavy atom. The first-order valence-corrected chi connectivity index (χ1v) is 12.1. The Bertz CT molecular complexity index is 1360. The topological polar surface area (TPSA) is 60.3 Å². The van der Waals surface area contributed by atoms with E-state index in [4.69, 9.17) is 27.9 Å². The summed E-state index contributed by atoms with van der Waals surface area (Å²) in [5.74, 6) is -0.782. The first-order valence-electron chi connectivity index (χ1n) is 10.5. The van der Waals surface area contributed by atoms with Gasteiger partial charge in [0, 0.05) is 38.4 Å². The molecule has 1 N–H and O–H groups in total. The van der Waals surface area contributed by atoms with Crippen LogP contribution in [-0.2, 0) is 11.3 Å². The summed E-state index contributed by atoms with van der Waals surface area (Å²) in [5.41, 5.74) is 4.13. The van der Waals surface area contributed by atoms with E-state index in [9.17, 15) is 9.59 Å². The molecule has 2 heterocycles. The zero-order chi connectivity index (χ0) is 23.7. The molecule has 4 aromatic rings. The Hall–Kier alpha value is -2.80. The fourth-order valence-corrected chi connectivity index (χ4v) is 5.23. The number of hydrogen-bond acceptors (Lipinski definition) is 4. The van der Waals surface area contributed by atoms with Gasteiger partial charge in [0.05, 0.1) is 6.61 Å². The number of carbonyl (C=O) groups is 2. The smallest absolute Gasteiger partial charge is 0.341 e.